The van der Waals surface area contributed by atoms with E-state index in [-0.39, 0.29) is 5.56 Å². The van der Waals surface area contributed by atoms with Crippen LogP contribution in [0.3, 0.4) is 0 Å². The minimum Gasteiger partial charge on any atom is -0.296 e. The molecular formula is C19H19FN6OS. The number of piperidine rings is 1. The Kier molecular flexibility index (Phi) is 4.02. The maximum absolute atomic E-state index is 15.3. The normalized spacial score (nSPS) is 17.5. The van der Waals surface area contributed by atoms with Crippen LogP contribution < -0.4 is 5.56 Å². The van der Waals surface area contributed by atoms with Crippen LogP contribution in [-0.2, 0) is 19.3 Å². The van der Waals surface area contributed by atoms with Gasteiger partial charge in [-0.25, -0.2) is 4.39 Å². The van der Waals surface area contributed by atoms with Gasteiger partial charge in [-0.2, -0.15) is 0 Å². The summed E-state index contributed by atoms with van der Waals surface area (Å²) in [6, 6.07) is 7.31. The zero-order chi connectivity index (χ0) is 19.3. The highest BCUT2D eigenvalue weighted by molar-refractivity contribution is 7.17. The number of pyridine rings is 1. The molecule has 0 bridgehead atoms. The van der Waals surface area contributed by atoms with Crippen LogP contribution in [0.25, 0.3) is 16.0 Å². The van der Waals surface area contributed by atoms with E-state index >= 15 is 4.39 Å². The molecule has 0 radical (unpaired) electrons. The highest BCUT2D eigenvalue weighted by atomic mass is 32.1. The van der Waals surface area contributed by atoms with Crippen LogP contribution in [0.5, 0.6) is 0 Å². The second-order valence-electron chi connectivity index (χ2n) is 7.21. The largest absolute Gasteiger partial charge is 0.296 e. The van der Waals surface area contributed by atoms with E-state index in [9.17, 15) is 4.79 Å². The Bertz CT molecular complexity index is 1210. The van der Waals surface area contributed by atoms with E-state index in [1.165, 1.54) is 15.9 Å². The predicted octanol–water partition coefficient (Wildman–Crippen LogP) is 2.50. The zero-order valence-corrected chi connectivity index (χ0v) is 16.2. The Morgan fingerprint density at radius 2 is 2.04 bits per heavy atom. The van der Waals surface area contributed by atoms with Gasteiger partial charge >= 0.3 is 0 Å². The summed E-state index contributed by atoms with van der Waals surface area (Å²) in [5.74, 6) is 1.29. The van der Waals surface area contributed by atoms with Crippen molar-refractivity contribution in [2.75, 3.05) is 13.1 Å². The number of alkyl halides is 1. The molecule has 5 rings (SSSR count). The van der Waals surface area contributed by atoms with Crippen molar-refractivity contribution in [2.45, 2.75) is 25.1 Å². The molecule has 4 aromatic heterocycles. The van der Waals surface area contributed by atoms with Crippen LogP contribution in [0.2, 0.25) is 0 Å². The number of fused-ring (bicyclic) bond motifs is 3. The number of nitrogens with zero attached hydrogens (tertiary/aromatic N) is 6. The van der Waals surface area contributed by atoms with Gasteiger partial charge in [0.05, 0.1) is 17.8 Å². The van der Waals surface area contributed by atoms with E-state index in [1.54, 1.807) is 25.4 Å². The van der Waals surface area contributed by atoms with Crippen molar-refractivity contribution in [1.29, 1.82) is 0 Å². The van der Waals surface area contributed by atoms with Crippen molar-refractivity contribution >= 4 is 27.3 Å². The van der Waals surface area contributed by atoms with Gasteiger partial charge in [-0.05, 0) is 36.4 Å². The number of likely N-dealkylation sites (tertiary alicyclic amines) is 1. The molecule has 1 aliphatic heterocycles. The fraction of sp³-hybridized carbons (Fsp3) is 0.368. The van der Waals surface area contributed by atoms with Gasteiger partial charge in [-0.15, -0.1) is 21.5 Å². The maximum Gasteiger partial charge on any atom is 0.272 e. The Hall–Kier alpha value is -2.65. The summed E-state index contributed by atoms with van der Waals surface area (Å²) in [6.45, 7) is 1.78. The molecule has 0 spiro atoms. The number of halogens is 1. The first-order chi connectivity index (χ1) is 13.6. The van der Waals surface area contributed by atoms with Crippen LogP contribution in [0.4, 0.5) is 4.39 Å². The monoisotopic (exact) mass is 398 g/mol. The average molecular weight is 398 g/mol. The molecule has 1 saturated heterocycles. The van der Waals surface area contributed by atoms with Gasteiger partial charge in [0, 0.05) is 26.3 Å². The third-order valence-electron chi connectivity index (χ3n) is 5.53. The third-order valence-corrected chi connectivity index (χ3v) is 6.43. The molecule has 0 aliphatic carbocycles. The van der Waals surface area contributed by atoms with Gasteiger partial charge in [-0.3, -0.25) is 23.6 Å². The zero-order valence-electron chi connectivity index (χ0n) is 15.4. The molecule has 4 aromatic rings. The van der Waals surface area contributed by atoms with E-state index in [1.807, 2.05) is 21.9 Å². The molecule has 1 fully saturated rings. The molecule has 5 heterocycles. The first-order valence-electron chi connectivity index (χ1n) is 9.20. The van der Waals surface area contributed by atoms with Gasteiger partial charge in [0.1, 0.15) is 4.70 Å². The van der Waals surface area contributed by atoms with Crippen molar-refractivity contribution in [1.82, 2.24) is 29.0 Å². The molecule has 0 aromatic carbocycles. The number of hydrogen-bond acceptors (Lipinski definition) is 6. The molecule has 0 amide bonds. The smallest absolute Gasteiger partial charge is 0.272 e. The summed E-state index contributed by atoms with van der Waals surface area (Å²) in [6.07, 6.45) is 2.43. The van der Waals surface area contributed by atoms with Gasteiger partial charge in [0.2, 0.25) is 5.78 Å². The van der Waals surface area contributed by atoms with Gasteiger partial charge < -0.3 is 0 Å². The Labute approximate surface area is 164 Å². The van der Waals surface area contributed by atoms with Gasteiger partial charge in [0.15, 0.2) is 11.5 Å². The molecule has 1 aliphatic rings. The lowest BCUT2D eigenvalue weighted by molar-refractivity contribution is 0.0479. The second kappa shape index (κ2) is 6.46. The number of aromatic nitrogens is 5. The Balaban J connectivity index is 1.42. The summed E-state index contributed by atoms with van der Waals surface area (Å²) in [4.78, 5) is 18.8. The highest BCUT2D eigenvalue weighted by Gasteiger charge is 2.37. The lowest BCUT2D eigenvalue weighted by Gasteiger charge is -2.35. The highest BCUT2D eigenvalue weighted by Crippen LogP contribution is 2.36. The molecule has 28 heavy (non-hydrogen) atoms. The van der Waals surface area contributed by atoms with Gasteiger partial charge in [-0.1, -0.05) is 6.07 Å². The van der Waals surface area contributed by atoms with Crippen LogP contribution in [0.15, 0.2) is 40.6 Å². The summed E-state index contributed by atoms with van der Waals surface area (Å²) in [5, 5.41) is 10.4. The second-order valence-corrected chi connectivity index (χ2v) is 8.12. The molecule has 0 unspecified atom stereocenters. The fourth-order valence-corrected chi connectivity index (χ4v) is 4.76. The van der Waals surface area contributed by atoms with E-state index in [0.29, 0.717) is 48.6 Å². The minimum atomic E-state index is -1.38. The molecule has 7 nitrogen and oxygen atoms in total. The molecule has 0 atom stereocenters. The van der Waals surface area contributed by atoms with Crippen molar-refractivity contribution in [3.05, 3.63) is 57.7 Å². The van der Waals surface area contributed by atoms with E-state index in [0.717, 1.165) is 11.3 Å². The first-order valence-corrected chi connectivity index (χ1v) is 10.1. The molecule has 0 saturated carbocycles. The molecule has 9 heteroatoms. The topological polar surface area (TPSA) is 68.3 Å². The van der Waals surface area contributed by atoms with Crippen molar-refractivity contribution in [3.63, 3.8) is 0 Å². The van der Waals surface area contributed by atoms with Crippen LogP contribution in [0.1, 0.15) is 24.4 Å². The Morgan fingerprint density at radius 3 is 2.79 bits per heavy atom. The van der Waals surface area contributed by atoms with Crippen LogP contribution in [-0.4, -0.2) is 42.1 Å². The summed E-state index contributed by atoms with van der Waals surface area (Å²) < 4.78 is 19.5. The lowest BCUT2D eigenvalue weighted by atomic mass is 9.89. The maximum atomic E-state index is 15.3. The van der Waals surface area contributed by atoms with Crippen LogP contribution >= 0.6 is 11.3 Å². The first kappa shape index (κ1) is 17.4. The number of aryl methyl sites for hydroxylation is 1. The van der Waals surface area contributed by atoms with Crippen molar-refractivity contribution in [3.8, 4) is 0 Å². The van der Waals surface area contributed by atoms with Crippen LogP contribution in [0, 0.1) is 0 Å². The SMILES string of the molecule is Cn1c(=O)c2sccc2n2c(CN3CCC(F)(c4ccccn4)CC3)nnc12. The third kappa shape index (κ3) is 2.65. The summed E-state index contributed by atoms with van der Waals surface area (Å²) >= 11 is 1.42. The van der Waals surface area contributed by atoms with E-state index in [2.05, 4.69) is 20.1 Å². The van der Waals surface area contributed by atoms with E-state index < -0.39 is 5.67 Å². The summed E-state index contributed by atoms with van der Waals surface area (Å²) in [7, 11) is 1.71. The van der Waals surface area contributed by atoms with Gasteiger partial charge in [0.25, 0.3) is 5.56 Å². The average Bonchev–Trinajstić information content (AvgIpc) is 3.36. The Morgan fingerprint density at radius 1 is 1.21 bits per heavy atom. The molecule has 144 valence electrons. The van der Waals surface area contributed by atoms with Crippen molar-refractivity contribution in [2.24, 2.45) is 7.05 Å². The molecule has 0 N–H and O–H groups in total. The number of thiophene rings is 1. The van der Waals surface area contributed by atoms with Crippen molar-refractivity contribution < 1.29 is 4.39 Å². The summed E-state index contributed by atoms with van der Waals surface area (Å²) in [5.41, 5.74) is -0.104. The number of rotatable bonds is 3. The fourth-order valence-electron chi connectivity index (χ4n) is 3.90. The standard InChI is InChI=1S/C19H19FN6OS/c1-24-17(27)16-13(5-11-28-16)26-15(22-23-18(24)26)12-25-9-6-19(20,7-10-25)14-4-2-3-8-21-14/h2-5,8,11H,6-7,9-10,12H2,1H3. The quantitative estimate of drug-likeness (QED) is 0.530. The lowest BCUT2D eigenvalue weighted by Crippen LogP contribution is -2.40. The minimum absolute atomic E-state index is 0.0630. The van der Waals surface area contributed by atoms with E-state index in [4.69, 9.17) is 0 Å². The number of hydrogen-bond donors (Lipinski definition) is 0. The predicted molar refractivity (Wildman–Crippen MR) is 105 cm³/mol. The molecular weight excluding hydrogens is 379 g/mol.